The fraction of sp³-hybridized carbons (Fsp3) is 0.739. The van der Waals surface area contributed by atoms with Gasteiger partial charge in [-0.2, -0.15) is 0 Å². The van der Waals surface area contributed by atoms with Crippen molar-refractivity contribution in [1.82, 2.24) is 19.7 Å². The molecular weight excluding hydrogens is 380 g/mol. The van der Waals surface area contributed by atoms with E-state index in [0.717, 1.165) is 50.2 Å². The number of aliphatic hydroxyl groups is 1. The fourth-order valence-corrected chi connectivity index (χ4v) is 6.35. The molecule has 2 amide bonds. The molecule has 2 saturated heterocycles. The van der Waals surface area contributed by atoms with Gasteiger partial charge in [-0.3, -0.25) is 9.69 Å². The van der Waals surface area contributed by atoms with Crippen LogP contribution in [0.2, 0.25) is 0 Å². The number of aromatic nitrogens is 1. The second-order valence-corrected chi connectivity index (χ2v) is 10.3. The highest BCUT2D eigenvalue weighted by atomic mass is 16.3. The van der Waals surface area contributed by atoms with Gasteiger partial charge in [0.2, 0.25) is 0 Å². The van der Waals surface area contributed by atoms with Crippen LogP contribution in [0.25, 0.3) is 0 Å². The highest BCUT2D eigenvalue weighted by Gasteiger charge is 2.41. The summed E-state index contributed by atoms with van der Waals surface area (Å²) in [4.78, 5) is 30.1. The molecule has 0 spiro atoms. The number of carbonyl (C=O) groups excluding carboxylic acids is 1. The van der Waals surface area contributed by atoms with Gasteiger partial charge in [-0.05, 0) is 56.9 Å². The molecule has 164 valence electrons. The molecule has 0 radical (unpaired) electrons. The van der Waals surface area contributed by atoms with Crippen molar-refractivity contribution in [1.29, 1.82) is 0 Å². The Hall–Kier alpha value is -1.86. The number of hydrogen-bond donors (Lipinski definition) is 2. The van der Waals surface area contributed by atoms with E-state index in [0.29, 0.717) is 37.4 Å². The number of aliphatic hydroxyl groups excluding tert-OH is 1. The van der Waals surface area contributed by atoms with E-state index in [-0.39, 0.29) is 29.7 Å². The molecule has 1 saturated carbocycles. The van der Waals surface area contributed by atoms with E-state index in [4.69, 9.17) is 0 Å². The third-order valence-electron chi connectivity index (χ3n) is 7.58. The molecule has 3 fully saturated rings. The van der Waals surface area contributed by atoms with Gasteiger partial charge in [0.1, 0.15) is 0 Å². The molecular formula is C23H34N4O3. The van der Waals surface area contributed by atoms with Crippen molar-refractivity contribution in [3.63, 3.8) is 0 Å². The first-order chi connectivity index (χ1) is 14.4. The zero-order valence-corrected chi connectivity index (χ0v) is 18.1. The molecule has 7 nitrogen and oxygen atoms in total. The maximum absolute atomic E-state index is 13.3. The van der Waals surface area contributed by atoms with Crippen molar-refractivity contribution >= 4 is 6.03 Å². The zero-order valence-electron chi connectivity index (χ0n) is 18.1. The molecule has 0 aromatic carbocycles. The van der Waals surface area contributed by atoms with Crippen LogP contribution in [0.5, 0.6) is 0 Å². The van der Waals surface area contributed by atoms with Crippen molar-refractivity contribution in [2.75, 3.05) is 26.2 Å². The zero-order chi connectivity index (χ0) is 21.0. The number of pyridine rings is 1. The summed E-state index contributed by atoms with van der Waals surface area (Å²) in [7, 11) is 0. The monoisotopic (exact) mass is 414 g/mol. The lowest BCUT2D eigenvalue weighted by atomic mass is 9.83. The smallest absolute Gasteiger partial charge is 0.317 e. The lowest BCUT2D eigenvalue weighted by Crippen LogP contribution is -2.53. The van der Waals surface area contributed by atoms with Crippen molar-refractivity contribution in [2.24, 2.45) is 17.8 Å². The van der Waals surface area contributed by atoms with Crippen LogP contribution < -0.4 is 10.9 Å². The first-order valence-corrected chi connectivity index (χ1v) is 11.6. The highest BCUT2D eigenvalue weighted by Crippen LogP contribution is 2.39. The molecule has 5 rings (SSSR count). The normalized spacial score (nSPS) is 32.9. The van der Waals surface area contributed by atoms with Gasteiger partial charge in [0, 0.05) is 62.5 Å². The summed E-state index contributed by atoms with van der Waals surface area (Å²) in [5, 5.41) is 12.9. The third-order valence-corrected chi connectivity index (χ3v) is 7.58. The number of hydrogen-bond acceptors (Lipinski definition) is 4. The predicted molar refractivity (Wildman–Crippen MR) is 114 cm³/mol. The van der Waals surface area contributed by atoms with E-state index < -0.39 is 0 Å². The average Bonchev–Trinajstić information content (AvgIpc) is 3.20. The molecule has 4 aliphatic rings. The summed E-state index contributed by atoms with van der Waals surface area (Å²) < 4.78 is 1.99. The summed E-state index contributed by atoms with van der Waals surface area (Å²) in [6.45, 7) is 8.78. The van der Waals surface area contributed by atoms with E-state index in [2.05, 4.69) is 16.3 Å². The molecule has 1 aromatic heterocycles. The topological polar surface area (TPSA) is 77.8 Å². The summed E-state index contributed by atoms with van der Waals surface area (Å²) >= 11 is 0. The predicted octanol–water partition coefficient (Wildman–Crippen LogP) is 1.59. The fourth-order valence-electron chi connectivity index (χ4n) is 6.35. The van der Waals surface area contributed by atoms with Gasteiger partial charge in [0.25, 0.3) is 5.56 Å². The van der Waals surface area contributed by atoms with Gasteiger partial charge >= 0.3 is 6.03 Å². The molecule has 1 aromatic rings. The number of rotatable bonds is 3. The first-order valence-electron chi connectivity index (χ1n) is 11.6. The summed E-state index contributed by atoms with van der Waals surface area (Å²) in [6, 6.07) is 4.29. The van der Waals surface area contributed by atoms with Crippen molar-refractivity contribution in [3.05, 3.63) is 33.7 Å². The largest absolute Gasteiger partial charge is 0.393 e. The average molecular weight is 415 g/mol. The molecule has 3 aliphatic heterocycles. The Labute approximate surface area is 178 Å². The third kappa shape index (κ3) is 3.66. The maximum atomic E-state index is 13.3. The van der Waals surface area contributed by atoms with E-state index in [1.54, 1.807) is 0 Å². The lowest BCUT2D eigenvalue weighted by Gasteiger charge is -2.43. The molecule has 2 N–H and O–H groups in total. The van der Waals surface area contributed by atoms with Crippen LogP contribution in [0.1, 0.15) is 50.3 Å². The van der Waals surface area contributed by atoms with Crippen LogP contribution in [0.15, 0.2) is 16.9 Å². The van der Waals surface area contributed by atoms with Crippen LogP contribution >= 0.6 is 0 Å². The van der Waals surface area contributed by atoms with E-state index >= 15 is 0 Å². The van der Waals surface area contributed by atoms with Crippen LogP contribution in [-0.4, -0.2) is 63.8 Å². The summed E-state index contributed by atoms with van der Waals surface area (Å²) in [5.74, 6) is 1.75. The minimum atomic E-state index is -0.127. The molecule has 5 atom stereocenters. The molecule has 1 aliphatic carbocycles. The number of likely N-dealkylation sites (tertiary alicyclic amines) is 2. The number of carbonyl (C=O) groups is 1. The summed E-state index contributed by atoms with van der Waals surface area (Å²) in [5.41, 5.74) is 2.12. The van der Waals surface area contributed by atoms with Gasteiger partial charge in [-0.15, -0.1) is 0 Å². The second kappa shape index (κ2) is 7.68. The van der Waals surface area contributed by atoms with Crippen molar-refractivity contribution in [3.8, 4) is 0 Å². The van der Waals surface area contributed by atoms with E-state index in [1.807, 2.05) is 29.4 Å². The van der Waals surface area contributed by atoms with E-state index in [9.17, 15) is 14.7 Å². The maximum Gasteiger partial charge on any atom is 0.317 e. The minimum Gasteiger partial charge on any atom is -0.393 e. The molecule has 4 heterocycles. The van der Waals surface area contributed by atoms with Crippen molar-refractivity contribution in [2.45, 2.75) is 64.3 Å². The number of piperidine rings is 1. The Balaban J connectivity index is 1.30. The highest BCUT2D eigenvalue weighted by molar-refractivity contribution is 5.74. The molecule has 7 heteroatoms. The van der Waals surface area contributed by atoms with Crippen molar-refractivity contribution < 1.29 is 9.90 Å². The quantitative estimate of drug-likeness (QED) is 0.787. The van der Waals surface area contributed by atoms with Gasteiger partial charge in [0.15, 0.2) is 0 Å². The van der Waals surface area contributed by atoms with Crippen LogP contribution in [0.3, 0.4) is 0 Å². The minimum absolute atomic E-state index is 0.0109. The molecule has 30 heavy (non-hydrogen) atoms. The van der Waals surface area contributed by atoms with Gasteiger partial charge in [-0.1, -0.05) is 6.07 Å². The van der Waals surface area contributed by atoms with E-state index in [1.165, 1.54) is 0 Å². The number of fused-ring (bicyclic) bond motifs is 5. The number of amides is 2. The molecule has 2 bridgehead atoms. The van der Waals surface area contributed by atoms with Gasteiger partial charge in [0.05, 0.1) is 6.10 Å². The standard InChI is InChI=1S/C23H34N4O3/c1-14(2)24-23(30)26-8-15-5-19(13-26)21-4-3-16(22(29)27(21)9-15)10-25-11-17-6-20(28)7-18(17)12-25/h3-4,14-15,17-20,28H,5-13H2,1-2H3,(H,24,30)/t15-,17-,18+,19+,20?/m0/s1. The lowest BCUT2D eigenvalue weighted by molar-refractivity contribution is 0.129. The Morgan fingerprint density at radius 1 is 1.10 bits per heavy atom. The Morgan fingerprint density at radius 3 is 2.53 bits per heavy atom. The second-order valence-electron chi connectivity index (χ2n) is 10.3. The number of nitrogens with zero attached hydrogens (tertiary/aromatic N) is 3. The molecule has 1 unspecified atom stereocenters. The SMILES string of the molecule is CC(C)NC(=O)N1C[C@@H]2C[C@H](C1)c1ccc(CN3C[C@H]4CC(O)C[C@H]4C3)c(=O)n1C2. The number of nitrogens with one attached hydrogen (secondary N) is 1. The van der Waals surface area contributed by atoms with Crippen LogP contribution in [0.4, 0.5) is 4.79 Å². The van der Waals surface area contributed by atoms with Gasteiger partial charge in [-0.25, -0.2) is 4.79 Å². The first kappa shape index (κ1) is 20.1. The van der Waals surface area contributed by atoms with Gasteiger partial charge < -0.3 is 19.9 Å². The summed E-state index contributed by atoms with van der Waals surface area (Å²) in [6.07, 6.45) is 2.75. The Kier molecular flexibility index (Phi) is 5.14. The number of urea groups is 1. The Morgan fingerprint density at radius 2 is 1.83 bits per heavy atom. The van der Waals surface area contributed by atoms with Crippen LogP contribution in [0, 0.1) is 17.8 Å². The van der Waals surface area contributed by atoms with Crippen LogP contribution in [-0.2, 0) is 13.1 Å². The Bertz CT molecular complexity index is 868.